The lowest BCUT2D eigenvalue weighted by molar-refractivity contribution is 0.120. The summed E-state index contributed by atoms with van der Waals surface area (Å²) in [5.41, 5.74) is 2.43. The van der Waals surface area contributed by atoms with Crippen molar-refractivity contribution in [3.63, 3.8) is 0 Å². The molecule has 1 heterocycles. The second kappa shape index (κ2) is 12.7. The third-order valence-corrected chi connectivity index (χ3v) is 6.21. The average Bonchev–Trinajstić information content (AvgIpc) is 3.23. The minimum atomic E-state index is 0. The SMILES string of the molecule is CN=C(NCc1ccc(C)cc1OC1CCCC1)NCC(C)N1CCN(C)CC1.I. The van der Waals surface area contributed by atoms with E-state index in [9.17, 15) is 0 Å². The molecule has 0 spiro atoms. The van der Waals surface area contributed by atoms with Crippen molar-refractivity contribution < 1.29 is 4.74 Å². The minimum absolute atomic E-state index is 0. The first-order chi connectivity index (χ1) is 14.0. The van der Waals surface area contributed by atoms with E-state index in [1.807, 2.05) is 7.05 Å². The van der Waals surface area contributed by atoms with E-state index in [0.29, 0.717) is 18.7 Å². The van der Waals surface area contributed by atoms with Crippen LogP contribution in [0.3, 0.4) is 0 Å². The van der Waals surface area contributed by atoms with Crippen molar-refractivity contribution in [3.05, 3.63) is 29.3 Å². The van der Waals surface area contributed by atoms with Gasteiger partial charge in [-0.05, 0) is 58.2 Å². The molecule has 0 aromatic heterocycles. The van der Waals surface area contributed by atoms with E-state index in [2.05, 4.69) is 64.5 Å². The van der Waals surface area contributed by atoms with Crippen molar-refractivity contribution in [2.45, 2.75) is 58.2 Å². The van der Waals surface area contributed by atoms with Crippen molar-refractivity contribution >= 4 is 29.9 Å². The van der Waals surface area contributed by atoms with Gasteiger partial charge in [-0.2, -0.15) is 0 Å². The highest BCUT2D eigenvalue weighted by Crippen LogP contribution is 2.27. The van der Waals surface area contributed by atoms with Gasteiger partial charge in [-0.15, -0.1) is 24.0 Å². The number of guanidine groups is 1. The van der Waals surface area contributed by atoms with Crippen LogP contribution in [0.5, 0.6) is 5.75 Å². The molecule has 7 heteroatoms. The van der Waals surface area contributed by atoms with Gasteiger partial charge in [-0.1, -0.05) is 12.1 Å². The number of nitrogens with one attached hydrogen (secondary N) is 2. The number of aliphatic imine (C=N–C) groups is 1. The molecular weight excluding hydrogens is 489 g/mol. The molecule has 1 aromatic carbocycles. The lowest BCUT2D eigenvalue weighted by Crippen LogP contribution is -2.52. The predicted octanol–water partition coefficient (Wildman–Crippen LogP) is 3.24. The van der Waals surface area contributed by atoms with E-state index in [1.165, 1.54) is 36.8 Å². The van der Waals surface area contributed by atoms with Crippen molar-refractivity contribution in [2.75, 3.05) is 46.8 Å². The van der Waals surface area contributed by atoms with Gasteiger partial charge in [-0.3, -0.25) is 9.89 Å². The van der Waals surface area contributed by atoms with Crippen LogP contribution in [-0.4, -0.2) is 74.7 Å². The summed E-state index contributed by atoms with van der Waals surface area (Å²) in [4.78, 5) is 9.35. The Morgan fingerprint density at radius 3 is 2.53 bits per heavy atom. The predicted molar refractivity (Wildman–Crippen MR) is 136 cm³/mol. The van der Waals surface area contributed by atoms with E-state index < -0.39 is 0 Å². The molecule has 1 aliphatic heterocycles. The number of nitrogens with zero attached hydrogens (tertiary/aromatic N) is 3. The van der Waals surface area contributed by atoms with Crippen LogP contribution in [0.15, 0.2) is 23.2 Å². The van der Waals surface area contributed by atoms with E-state index >= 15 is 0 Å². The molecule has 0 radical (unpaired) electrons. The molecule has 1 aliphatic carbocycles. The van der Waals surface area contributed by atoms with Crippen LogP contribution in [-0.2, 0) is 6.54 Å². The fraction of sp³-hybridized carbons (Fsp3) is 0.696. The van der Waals surface area contributed by atoms with Gasteiger partial charge in [0.15, 0.2) is 5.96 Å². The van der Waals surface area contributed by atoms with Crippen LogP contribution in [0.25, 0.3) is 0 Å². The van der Waals surface area contributed by atoms with E-state index in [4.69, 9.17) is 4.74 Å². The van der Waals surface area contributed by atoms with Crippen LogP contribution in [0.2, 0.25) is 0 Å². The molecule has 3 rings (SSSR count). The maximum atomic E-state index is 6.33. The molecular formula is C23H40IN5O. The Morgan fingerprint density at radius 1 is 1.17 bits per heavy atom. The van der Waals surface area contributed by atoms with Gasteiger partial charge in [0.2, 0.25) is 0 Å². The highest BCUT2D eigenvalue weighted by molar-refractivity contribution is 14.0. The largest absolute Gasteiger partial charge is 0.490 e. The first-order valence-electron chi connectivity index (χ1n) is 11.2. The highest BCUT2D eigenvalue weighted by Gasteiger charge is 2.20. The smallest absolute Gasteiger partial charge is 0.191 e. The minimum Gasteiger partial charge on any atom is -0.490 e. The molecule has 0 bridgehead atoms. The van der Waals surface area contributed by atoms with Crippen LogP contribution < -0.4 is 15.4 Å². The summed E-state index contributed by atoms with van der Waals surface area (Å²) in [7, 11) is 4.03. The molecule has 1 unspecified atom stereocenters. The zero-order chi connectivity index (χ0) is 20.6. The quantitative estimate of drug-likeness (QED) is 0.323. The number of hydrogen-bond donors (Lipinski definition) is 2. The molecule has 1 aromatic rings. The summed E-state index contributed by atoms with van der Waals surface area (Å²) in [5, 5.41) is 6.96. The Bertz CT molecular complexity index is 670. The first-order valence-corrected chi connectivity index (χ1v) is 11.2. The molecule has 6 nitrogen and oxygen atoms in total. The normalized spacial score (nSPS) is 19.9. The van der Waals surface area contributed by atoms with Crippen molar-refractivity contribution in [1.82, 2.24) is 20.4 Å². The van der Waals surface area contributed by atoms with Gasteiger partial charge in [0.25, 0.3) is 0 Å². The molecule has 1 atom stereocenters. The van der Waals surface area contributed by atoms with Crippen molar-refractivity contribution in [1.29, 1.82) is 0 Å². The fourth-order valence-electron chi connectivity index (χ4n) is 4.14. The Labute approximate surface area is 199 Å². The van der Waals surface area contributed by atoms with Crippen LogP contribution in [0.1, 0.15) is 43.7 Å². The number of hydrogen-bond acceptors (Lipinski definition) is 4. The topological polar surface area (TPSA) is 52.1 Å². The number of likely N-dealkylation sites (N-methyl/N-ethyl adjacent to an activating group) is 1. The van der Waals surface area contributed by atoms with E-state index in [1.54, 1.807) is 0 Å². The third-order valence-electron chi connectivity index (χ3n) is 6.21. The fourth-order valence-corrected chi connectivity index (χ4v) is 4.14. The average molecular weight is 530 g/mol. The van der Waals surface area contributed by atoms with Gasteiger partial charge >= 0.3 is 0 Å². The van der Waals surface area contributed by atoms with Crippen LogP contribution in [0, 0.1) is 6.92 Å². The summed E-state index contributed by atoms with van der Waals surface area (Å²) in [5.74, 6) is 1.86. The Morgan fingerprint density at radius 2 is 1.87 bits per heavy atom. The van der Waals surface area contributed by atoms with Crippen LogP contribution >= 0.6 is 24.0 Å². The molecule has 170 valence electrons. The summed E-state index contributed by atoms with van der Waals surface area (Å²) < 4.78 is 6.33. The Hall–Kier alpha value is -1.06. The van der Waals surface area contributed by atoms with Crippen LogP contribution in [0.4, 0.5) is 0 Å². The number of aryl methyl sites for hydroxylation is 1. The van der Waals surface area contributed by atoms with Crippen molar-refractivity contribution in [3.8, 4) is 5.75 Å². The third kappa shape index (κ3) is 7.57. The zero-order valence-electron chi connectivity index (χ0n) is 19.1. The highest BCUT2D eigenvalue weighted by atomic mass is 127. The van der Waals surface area contributed by atoms with Crippen molar-refractivity contribution in [2.24, 2.45) is 4.99 Å². The number of rotatable bonds is 7. The summed E-state index contributed by atoms with van der Waals surface area (Å²) in [6.45, 7) is 10.6. The summed E-state index contributed by atoms with van der Waals surface area (Å²) >= 11 is 0. The standard InChI is InChI=1S/C23H39N5O.HI/c1-18-9-10-20(22(15-18)29-21-7-5-6-8-21)17-26-23(24-3)25-16-19(2)28-13-11-27(4)12-14-28;/h9-10,15,19,21H,5-8,11-14,16-17H2,1-4H3,(H2,24,25,26);1H. The Kier molecular flexibility index (Phi) is 10.7. The molecule has 2 fully saturated rings. The molecule has 2 N–H and O–H groups in total. The van der Waals surface area contributed by atoms with E-state index in [-0.39, 0.29) is 24.0 Å². The van der Waals surface area contributed by atoms with Gasteiger partial charge in [0.05, 0.1) is 6.10 Å². The first kappa shape index (κ1) is 25.2. The van der Waals surface area contributed by atoms with E-state index in [0.717, 1.165) is 44.4 Å². The number of benzene rings is 1. The second-order valence-corrected chi connectivity index (χ2v) is 8.63. The van der Waals surface area contributed by atoms with Gasteiger partial charge in [0.1, 0.15) is 5.75 Å². The maximum absolute atomic E-state index is 6.33. The summed E-state index contributed by atoms with van der Waals surface area (Å²) in [6.07, 6.45) is 5.29. The van der Waals surface area contributed by atoms with Gasteiger partial charge < -0.3 is 20.3 Å². The van der Waals surface area contributed by atoms with Gasteiger partial charge in [0, 0.05) is 57.9 Å². The Balaban J connectivity index is 0.00000320. The monoisotopic (exact) mass is 529 g/mol. The molecule has 1 saturated carbocycles. The lowest BCUT2D eigenvalue weighted by Gasteiger charge is -2.36. The number of halogens is 1. The second-order valence-electron chi connectivity index (χ2n) is 8.63. The van der Waals surface area contributed by atoms with Gasteiger partial charge in [-0.25, -0.2) is 0 Å². The molecule has 0 amide bonds. The zero-order valence-corrected chi connectivity index (χ0v) is 21.4. The molecule has 30 heavy (non-hydrogen) atoms. The molecule has 2 aliphatic rings. The molecule has 1 saturated heterocycles. The lowest BCUT2D eigenvalue weighted by atomic mass is 10.1. The number of piperazine rings is 1. The summed E-state index contributed by atoms with van der Waals surface area (Å²) in [6, 6.07) is 6.99. The number of ether oxygens (including phenoxy) is 1. The maximum Gasteiger partial charge on any atom is 0.191 e.